The van der Waals surface area contributed by atoms with Crippen molar-refractivity contribution in [3.05, 3.63) is 57.8 Å². The molecule has 4 heteroatoms. The SMILES string of the molecule is CN(C)C(c1cccs1)C1CCCCC1(O)Cc1ccc(C(C)(C)C)cc1.Cl. The molecule has 0 aliphatic heterocycles. The molecule has 1 saturated carbocycles. The lowest BCUT2D eigenvalue weighted by atomic mass is 9.68. The zero-order chi connectivity index (χ0) is 19.7. The largest absolute Gasteiger partial charge is 0.389 e. The Morgan fingerprint density at radius 1 is 1.14 bits per heavy atom. The van der Waals surface area contributed by atoms with Gasteiger partial charge in [0.05, 0.1) is 5.60 Å². The Labute approximate surface area is 181 Å². The van der Waals surface area contributed by atoms with Gasteiger partial charge < -0.3 is 10.0 Å². The number of halogens is 1. The Hall–Kier alpha value is -0.870. The first-order valence-corrected chi connectivity index (χ1v) is 11.1. The Balaban J connectivity index is 0.00000280. The average molecular weight is 422 g/mol. The summed E-state index contributed by atoms with van der Waals surface area (Å²) in [4.78, 5) is 3.67. The van der Waals surface area contributed by atoms with Crippen LogP contribution >= 0.6 is 23.7 Å². The predicted octanol–water partition coefficient (Wildman–Crippen LogP) is 6.23. The number of hydrogen-bond acceptors (Lipinski definition) is 3. The molecule has 3 unspecified atom stereocenters. The average Bonchev–Trinajstić information content (AvgIpc) is 3.10. The van der Waals surface area contributed by atoms with Crippen molar-refractivity contribution in [2.75, 3.05) is 14.1 Å². The van der Waals surface area contributed by atoms with E-state index in [1.165, 1.54) is 22.4 Å². The fourth-order valence-electron chi connectivity index (χ4n) is 4.67. The highest BCUT2D eigenvalue weighted by molar-refractivity contribution is 7.10. The second-order valence-electron chi connectivity index (χ2n) is 9.50. The van der Waals surface area contributed by atoms with E-state index in [1.807, 2.05) is 11.3 Å². The molecule has 3 rings (SSSR count). The molecule has 2 aromatic rings. The van der Waals surface area contributed by atoms with Gasteiger partial charge in [-0.3, -0.25) is 0 Å². The van der Waals surface area contributed by atoms with Crippen LogP contribution in [0.25, 0.3) is 0 Å². The first-order chi connectivity index (χ1) is 12.7. The van der Waals surface area contributed by atoms with E-state index < -0.39 is 5.60 Å². The van der Waals surface area contributed by atoms with E-state index in [2.05, 4.69) is 81.5 Å². The molecule has 1 N–H and O–H groups in total. The van der Waals surface area contributed by atoms with Crippen molar-refractivity contribution in [1.82, 2.24) is 4.90 Å². The van der Waals surface area contributed by atoms with Gasteiger partial charge in [0.25, 0.3) is 0 Å². The Bertz CT molecular complexity index is 720. The second-order valence-corrected chi connectivity index (χ2v) is 10.5. The van der Waals surface area contributed by atoms with Crippen LogP contribution in [0.1, 0.15) is 68.5 Å². The molecule has 0 spiro atoms. The van der Waals surface area contributed by atoms with Gasteiger partial charge in [-0.05, 0) is 54.9 Å². The van der Waals surface area contributed by atoms with Crippen molar-refractivity contribution in [2.45, 2.75) is 69.9 Å². The van der Waals surface area contributed by atoms with Crippen LogP contribution in [0, 0.1) is 5.92 Å². The number of thiophene rings is 1. The molecule has 156 valence electrons. The molecule has 1 fully saturated rings. The van der Waals surface area contributed by atoms with Crippen molar-refractivity contribution in [2.24, 2.45) is 5.92 Å². The highest BCUT2D eigenvalue weighted by Gasteiger charge is 2.44. The third-order valence-electron chi connectivity index (χ3n) is 6.17. The summed E-state index contributed by atoms with van der Waals surface area (Å²) in [5.41, 5.74) is 2.13. The maximum Gasteiger partial charge on any atom is 0.0734 e. The van der Waals surface area contributed by atoms with Crippen LogP contribution in [-0.4, -0.2) is 29.7 Å². The van der Waals surface area contributed by atoms with E-state index in [1.54, 1.807) is 0 Å². The lowest BCUT2D eigenvalue weighted by Crippen LogP contribution is -2.48. The molecule has 1 aliphatic rings. The molecule has 1 aromatic carbocycles. The van der Waals surface area contributed by atoms with Crippen molar-refractivity contribution in [1.29, 1.82) is 0 Å². The van der Waals surface area contributed by atoms with Gasteiger partial charge >= 0.3 is 0 Å². The maximum atomic E-state index is 11.8. The molecule has 1 heterocycles. The Kier molecular flexibility index (Phi) is 7.77. The first-order valence-electron chi connectivity index (χ1n) is 10.2. The quantitative estimate of drug-likeness (QED) is 0.618. The summed E-state index contributed by atoms with van der Waals surface area (Å²) in [6.07, 6.45) is 5.08. The van der Waals surface area contributed by atoms with Crippen LogP contribution in [0.2, 0.25) is 0 Å². The maximum absolute atomic E-state index is 11.8. The lowest BCUT2D eigenvalue weighted by Gasteiger charge is -2.46. The van der Waals surface area contributed by atoms with Gasteiger partial charge in [0, 0.05) is 23.3 Å². The monoisotopic (exact) mass is 421 g/mol. The zero-order valence-electron chi connectivity index (χ0n) is 17.9. The minimum Gasteiger partial charge on any atom is -0.389 e. The molecule has 0 amide bonds. The summed E-state index contributed by atoms with van der Waals surface area (Å²) < 4.78 is 0. The topological polar surface area (TPSA) is 23.5 Å². The van der Waals surface area contributed by atoms with Gasteiger partial charge in [-0.25, -0.2) is 0 Å². The summed E-state index contributed by atoms with van der Waals surface area (Å²) in [6, 6.07) is 13.6. The van der Waals surface area contributed by atoms with Gasteiger partial charge in [0.15, 0.2) is 0 Å². The van der Waals surface area contributed by atoms with Gasteiger partial charge in [0.1, 0.15) is 0 Å². The van der Waals surface area contributed by atoms with E-state index in [9.17, 15) is 5.11 Å². The Morgan fingerprint density at radius 2 is 1.82 bits per heavy atom. The van der Waals surface area contributed by atoms with Crippen LogP contribution in [0.3, 0.4) is 0 Å². The van der Waals surface area contributed by atoms with Crippen molar-refractivity contribution in [3.8, 4) is 0 Å². The van der Waals surface area contributed by atoms with Crippen molar-refractivity contribution < 1.29 is 5.11 Å². The minimum absolute atomic E-state index is 0. The smallest absolute Gasteiger partial charge is 0.0734 e. The fraction of sp³-hybridized carbons (Fsp3) is 0.583. The summed E-state index contributed by atoms with van der Waals surface area (Å²) in [6.45, 7) is 6.74. The first kappa shape index (κ1) is 23.4. The van der Waals surface area contributed by atoms with Crippen LogP contribution in [0.5, 0.6) is 0 Å². The van der Waals surface area contributed by atoms with Crippen molar-refractivity contribution >= 4 is 23.7 Å². The fourth-order valence-corrected chi connectivity index (χ4v) is 5.65. The molecular formula is C24H36ClNOS. The Morgan fingerprint density at radius 3 is 2.36 bits per heavy atom. The third kappa shape index (κ3) is 5.18. The third-order valence-corrected chi connectivity index (χ3v) is 7.11. The number of aliphatic hydroxyl groups is 1. The molecule has 1 aromatic heterocycles. The molecule has 0 bridgehead atoms. The van der Waals surface area contributed by atoms with Gasteiger partial charge in [-0.2, -0.15) is 0 Å². The minimum atomic E-state index is -0.638. The molecule has 28 heavy (non-hydrogen) atoms. The van der Waals surface area contributed by atoms with Gasteiger partial charge in [-0.15, -0.1) is 23.7 Å². The number of nitrogens with zero attached hydrogens (tertiary/aromatic N) is 1. The molecular weight excluding hydrogens is 386 g/mol. The second kappa shape index (κ2) is 9.30. The van der Waals surface area contributed by atoms with Crippen LogP contribution in [0.15, 0.2) is 41.8 Å². The van der Waals surface area contributed by atoms with Crippen LogP contribution < -0.4 is 0 Å². The van der Waals surface area contributed by atoms with E-state index in [0.29, 0.717) is 0 Å². The molecule has 0 radical (unpaired) electrons. The lowest BCUT2D eigenvalue weighted by molar-refractivity contribution is -0.0764. The molecule has 2 nitrogen and oxygen atoms in total. The van der Waals surface area contributed by atoms with E-state index >= 15 is 0 Å². The summed E-state index contributed by atoms with van der Waals surface area (Å²) in [5.74, 6) is 0.266. The van der Waals surface area contributed by atoms with E-state index in [-0.39, 0.29) is 29.8 Å². The predicted molar refractivity (Wildman–Crippen MR) is 124 cm³/mol. The van der Waals surface area contributed by atoms with Gasteiger partial charge in [-0.1, -0.05) is 63.9 Å². The zero-order valence-corrected chi connectivity index (χ0v) is 19.6. The standard InChI is InChI=1S/C24H35NOS.ClH/c1-23(2,3)19-13-11-18(12-14-19)17-24(26)15-7-6-9-20(24)22(25(4)5)21-10-8-16-27-21;/h8,10-14,16,20,22,26H,6-7,9,15,17H2,1-5H3;1H. The van der Waals surface area contributed by atoms with E-state index in [4.69, 9.17) is 0 Å². The summed E-state index contributed by atoms with van der Waals surface area (Å²) >= 11 is 1.81. The number of hydrogen-bond donors (Lipinski definition) is 1. The number of benzene rings is 1. The van der Waals surface area contributed by atoms with Crippen LogP contribution in [0.4, 0.5) is 0 Å². The number of rotatable bonds is 5. The molecule has 0 saturated heterocycles. The van der Waals surface area contributed by atoms with E-state index in [0.717, 1.165) is 25.7 Å². The van der Waals surface area contributed by atoms with Crippen molar-refractivity contribution in [3.63, 3.8) is 0 Å². The molecule has 1 aliphatic carbocycles. The summed E-state index contributed by atoms with van der Waals surface area (Å²) in [5, 5.41) is 14.0. The highest BCUT2D eigenvalue weighted by Crippen LogP contribution is 2.46. The molecule has 3 atom stereocenters. The van der Waals surface area contributed by atoms with Crippen LogP contribution in [-0.2, 0) is 11.8 Å². The summed E-state index contributed by atoms with van der Waals surface area (Å²) in [7, 11) is 4.30. The normalized spacial score (nSPS) is 24.0. The van der Waals surface area contributed by atoms with Gasteiger partial charge in [0.2, 0.25) is 0 Å². The highest BCUT2D eigenvalue weighted by atomic mass is 35.5.